The Morgan fingerprint density at radius 2 is 1.31 bits per heavy atom. The van der Waals surface area contributed by atoms with Gasteiger partial charge in [0.15, 0.2) is 0 Å². The summed E-state index contributed by atoms with van der Waals surface area (Å²) in [5.41, 5.74) is 2.38. The van der Waals surface area contributed by atoms with Crippen LogP contribution in [0.3, 0.4) is 0 Å². The van der Waals surface area contributed by atoms with E-state index in [0.29, 0.717) is 11.1 Å². The lowest BCUT2D eigenvalue weighted by Crippen LogP contribution is -2.27. The van der Waals surface area contributed by atoms with Crippen LogP contribution in [-0.2, 0) is 4.74 Å². The maximum absolute atomic E-state index is 12.4. The van der Waals surface area contributed by atoms with Crippen LogP contribution >= 0.6 is 0 Å². The summed E-state index contributed by atoms with van der Waals surface area (Å²) in [6.45, 7) is 5.39. The van der Waals surface area contributed by atoms with Crippen molar-refractivity contribution in [3.05, 3.63) is 91.0 Å². The van der Waals surface area contributed by atoms with Crippen LogP contribution in [0.25, 0.3) is 10.8 Å². The minimum atomic E-state index is -0.646. The zero-order valence-electron chi connectivity index (χ0n) is 18.4. The van der Waals surface area contributed by atoms with Gasteiger partial charge >= 0.3 is 6.09 Å². The molecular formula is C27H26N2O3. The lowest BCUT2D eigenvalue weighted by atomic mass is 10.0. The molecule has 0 aliphatic heterocycles. The highest BCUT2D eigenvalue weighted by Crippen LogP contribution is 2.44. The van der Waals surface area contributed by atoms with Gasteiger partial charge in [-0.05, 0) is 45.0 Å². The molecule has 0 saturated carbocycles. The molecule has 2 N–H and O–H groups in total. The van der Waals surface area contributed by atoms with E-state index in [0.717, 1.165) is 22.4 Å². The van der Waals surface area contributed by atoms with Gasteiger partial charge in [-0.3, -0.25) is 5.32 Å². The summed E-state index contributed by atoms with van der Waals surface area (Å²) in [4.78, 5) is 14.5. The predicted octanol–water partition coefficient (Wildman–Crippen LogP) is 7.36. The van der Waals surface area contributed by atoms with Crippen molar-refractivity contribution in [2.45, 2.75) is 26.4 Å². The van der Waals surface area contributed by atoms with Crippen LogP contribution in [0.2, 0.25) is 0 Å². The smallest absolute Gasteiger partial charge is 0.412 e. The van der Waals surface area contributed by atoms with Crippen molar-refractivity contribution < 1.29 is 14.6 Å². The first-order valence-corrected chi connectivity index (χ1v) is 10.5. The summed E-state index contributed by atoms with van der Waals surface area (Å²) in [5.74, 6) is -0.0404. The zero-order chi connectivity index (χ0) is 22.7. The van der Waals surface area contributed by atoms with Crippen molar-refractivity contribution in [2.75, 3.05) is 10.2 Å². The summed E-state index contributed by atoms with van der Waals surface area (Å²) in [6.07, 6.45) is -0.617. The van der Waals surface area contributed by atoms with Crippen molar-refractivity contribution in [2.24, 2.45) is 0 Å². The SMILES string of the molecule is CC(C)(C)OC(=O)Nc1c(O)cc(N(c2ccccc2)c2ccccc2)c2ccccc12. The van der Waals surface area contributed by atoms with E-state index >= 15 is 0 Å². The Labute approximate surface area is 187 Å². The highest BCUT2D eigenvalue weighted by atomic mass is 16.6. The van der Waals surface area contributed by atoms with Crippen molar-refractivity contribution in [1.82, 2.24) is 0 Å². The van der Waals surface area contributed by atoms with Crippen LogP contribution in [0.1, 0.15) is 20.8 Å². The molecular weight excluding hydrogens is 400 g/mol. The molecule has 0 aliphatic rings. The number of anilines is 4. The van der Waals surface area contributed by atoms with Gasteiger partial charge in [0.2, 0.25) is 0 Å². The number of carbonyl (C=O) groups is 1. The molecule has 0 spiro atoms. The van der Waals surface area contributed by atoms with Crippen molar-refractivity contribution in [1.29, 1.82) is 0 Å². The molecule has 0 aromatic heterocycles. The number of hydrogen-bond acceptors (Lipinski definition) is 4. The van der Waals surface area contributed by atoms with Crippen molar-refractivity contribution >= 4 is 39.6 Å². The highest BCUT2D eigenvalue weighted by molar-refractivity contribution is 6.10. The van der Waals surface area contributed by atoms with Crippen molar-refractivity contribution in [3.8, 4) is 5.75 Å². The fourth-order valence-corrected chi connectivity index (χ4v) is 3.65. The van der Waals surface area contributed by atoms with Gasteiger partial charge in [0.1, 0.15) is 11.4 Å². The fourth-order valence-electron chi connectivity index (χ4n) is 3.65. The molecule has 1 amide bonds. The number of carbonyl (C=O) groups excluding carboxylic acids is 1. The summed E-state index contributed by atoms with van der Waals surface area (Å²) >= 11 is 0. The topological polar surface area (TPSA) is 61.8 Å². The largest absolute Gasteiger partial charge is 0.506 e. The molecule has 4 aromatic rings. The van der Waals surface area contributed by atoms with Gasteiger partial charge in [-0.1, -0.05) is 60.7 Å². The quantitative estimate of drug-likeness (QED) is 0.335. The number of hydrogen-bond donors (Lipinski definition) is 2. The molecule has 0 heterocycles. The molecule has 4 aromatic carbocycles. The van der Waals surface area contributed by atoms with Gasteiger partial charge in [0, 0.05) is 28.2 Å². The van der Waals surface area contributed by atoms with Gasteiger partial charge in [0.05, 0.1) is 11.4 Å². The maximum atomic E-state index is 12.4. The number of aromatic hydroxyl groups is 1. The molecule has 32 heavy (non-hydrogen) atoms. The van der Waals surface area contributed by atoms with Crippen LogP contribution in [0.4, 0.5) is 27.5 Å². The Bertz CT molecular complexity index is 1190. The summed E-state index contributed by atoms with van der Waals surface area (Å²) < 4.78 is 5.39. The van der Waals surface area contributed by atoms with E-state index in [1.807, 2.05) is 84.9 Å². The molecule has 162 valence electrons. The number of rotatable bonds is 4. The second-order valence-corrected chi connectivity index (χ2v) is 8.47. The third-order valence-electron chi connectivity index (χ3n) is 4.90. The lowest BCUT2D eigenvalue weighted by Gasteiger charge is -2.28. The summed E-state index contributed by atoms with van der Waals surface area (Å²) in [7, 11) is 0. The highest BCUT2D eigenvalue weighted by Gasteiger charge is 2.22. The van der Waals surface area contributed by atoms with Gasteiger partial charge in [-0.2, -0.15) is 0 Å². The number of phenols is 1. The van der Waals surface area contributed by atoms with E-state index in [9.17, 15) is 9.90 Å². The Hall–Kier alpha value is -3.99. The Balaban J connectivity index is 1.89. The van der Waals surface area contributed by atoms with E-state index in [2.05, 4.69) is 10.2 Å². The maximum Gasteiger partial charge on any atom is 0.412 e. The molecule has 5 nitrogen and oxygen atoms in total. The number of benzene rings is 4. The first-order chi connectivity index (χ1) is 15.3. The van der Waals surface area contributed by atoms with Crippen LogP contribution in [0.5, 0.6) is 5.75 Å². The zero-order valence-corrected chi connectivity index (χ0v) is 18.4. The molecule has 0 radical (unpaired) electrons. The number of fused-ring (bicyclic) bond motifs is 1. The molecule has 0 bridgehead atoms. The minimum Gasteiger partial charge on any atom is -0.506 e. The standard InChI is InChI=1S/C27H26N2O3/c1-27(2,3)32-26(31)28-25-22-17-11-10-16-21(22)23(18-24(25)30)29(19-12-6-4-7-13-19)20-14-8-5-9-15-20/h4-18,30H,1-3H3,(H,28,31). The number of nitrogens with zero attached hydrogens (tertiary/aromatic N) is 1. The van der Waals surface area contributed by atoms with Gasteiger partial charge in [-0.15, -0.1) is 0 Å². The molecule has 4 rings (SSSR count). The summed E-state index contributed by atoms with van der Waals surface area (Å²) in [6, 6.07) is 29.3. The first kappa shape index (κ1) is 21.2. The molecule has 0 aliphatic carbocycles. The van der Waals surface area contributed by atoms with E-state index < -0.39 is 11.7 Å². The van der Waals surface area contributed by atoms with E-state index in [4.69, 9.17) is 4.74 Å². The molecule has 0 fully saturated rings. The second kappa shape index (κ2) is 8.63. The van der Waals surface area contributed by atoms with Crippen LogP contribution < -0.4 is 10.2 Å². The van der Waals surface area contributed by atoms with Gasteiger partial charge < -0.3 is 14.7 Å². The van der Waals surface area contributed by atoms with Gasteiger partial charge in [0.25, 0.3) is 0 Å². The summed E-state index contributed by atoms with van der Waals surface area (Å²) in [5, 5.41) is 15.3. The second-order valence-electron chi connectivity index (χ2n) is 8.47. The predicted molar refractivity (Wildman–Crippen MR) is 130 cm³/mol. The third kappa shape index (κ3) is 4.52. The van der Waals surface area contributed by atoms with Gasteiger partial charge in [-0.25, -0.2) is 4.79 Å². The number of para-hydroxylation sites is 2. The minimum absolute atomic E-state index is 0.0404. The molecule has 0 unspecified atom stereocenters. The Kier molecular flexibility index (Phi) is 5.73. The molecule has 0 atom stereocenters. The van der Waals surface area contributed by atoms with E-state index in [-0.39, 0.29) is 5.75 Å². The first-order valence-electron chi connectivity index (χ1n) is 10.5. The van der Waals surface area contributed by atoms with Crippen LogP contribution in [0, 0.1) is 0 Å². The number of phenolic OH excluding ortho intramolecular Hbond substituents is 1. The van der Waals surface area contributed by atoms with E-state index in [1.165, 1.54) is 0 Å². The monoisotopic (exact) mass is 426 g/mol. The fraction of sp³-hybridized carbons (Fsp3) is 0.148. The number of amides is 1. The lowest BCUT2D eigenvalue weighted by molar-refractivity contribution is 0.0635. The normalized spacial score (nSPS) is 11.2. The number of nitrogens with one attached hydrogen (secondary N) is 1. The average molecular weight is 427 g/mol. The average Bonchev–Trinajstić information content (AvgIpc) is 2.77. The van der Waals surface area contributed by atoms with E-state index in [1.54, 1.807) is 26.8 Å². The Morgan fingerprint density at radius 3 is 1.84 bits per heavy atom. The van der Waals surface area contributed by atoms with Crippen LogP contribution in [-0.4, -0.2) is 16.8 Å². The van der Waals surface area contributed by atoms with Crippen LogP contribution in [0.15, 0.2) is 91.0 Å². The molecule has 0 saturated heterocycles. The number of ether oxygens (including phenoxy) is 1. The molecule has 5 heteroatoms. The van der Waals surface area contributed by atoms with Crippen molar-refractivity contribution in [3.63, 3.8) is 0 Å². The third-order valence-corrected chi connectivity index (χ3v) is 4.90. The Morgan fingerprint density at radius 1 is 0.812 bits per heavy atom.